The van der Waals surface area contributed by atoms with Crippen molar-refractivity contribution in [1.29, 1.82) is 0 Å². The highest BCUT2D eigenvalue weighted by atomic mass is 32.1. The van der Waals surface area contributed by atoms with Crippen molar-refractivity contribution in [3.05, 3.63) is 0 Å². The fourth-order valence-electron chi connectivity index (χ4n) is 1.50. The standard InChI is InChI=1S/C12H22O3S/c1-3-4-5-6-7-8-9-11(16-14)10-12(13)15-2/h3-10H2,1-2H3. The molecule has 0 aromatic heterocycles. The van der Waals surface area contributed by atoms with Gasteiger partial charge >= 0.3 is 5.97 Å². The second-order valence-corrected chi connectivity index (χ2v) is 4.64. The average Bonchev–Trinajstić information content (AvgIpc) is 2.31. The van der Waals surface area contributed by atoms with Crippen molar-refractivity contribution in [2.75, 3.05) is 7.11 Å². The van der Waals surface area contributed by atoms with Crippen LogP contribution in [0, 0.1) is 0 Å². The maximum atomic E-state index is 11.0. The minimum atomic E-state index is -0.315. The first-order valence-corrected chi connectivity index (χ1v) is 6.70. The lowest BCUT2D eigenvalue weighted by molar-refractivity contribution is -0.139. The van der Waals surface area contributed by atoms with Crippen LogP contribution in [-0.2, 0) is 20.8 Å². The summed E-state index contributed by atoms with van der Waals surface area (Å²) in [6, 6.07) is 0. The monoisotopic (exact) mass is 246 g/mol. The van der Waals surface area contributed by atoms with Crippen LogP contribution >= 0.6 is 0 Å². The maximum Gasteiger partial charge on any atom is 0.310 e. The zero-order chi connectivity index (χ0) is 12.2. The lowest BCUT2D eigenvalue weighted by atomic mass is 10.1. The molecule has 0 fully saturated rings. The Kier molecular flexibility index (Phi) is 10.4. The van der Waals surface area contributed by atoms with Crippen molar-refractivity contribution < 1.29 is 13.7 Å². The van der Waals surface area contributed by atoms with Crippen LogP contribution in [0.25, 0.3) is 0 Å². The number of esters is 1. The van der Waals surface area contributed by atoms with Gasteiger partial charge in [-0.2, -0.15) is 0 Å². The largest absolute Gasteiger partial charge is 0.469 e. The van der Waals surface area contributed by atoms with Gasteiger partial charge in [0.25, 0.3) is 0 Å². The van der Waals surface area contributed by atoms with Gasteiger partial charge in [0.05, 0.1) is 24.8 Å². The number of unbranched alkanes of at least 4 members (excludes halogenated alkanes) is 5. The fourth-order valence-corrected chi connectivity index (χ4v) is 1.90. The summed E-state index contributed by atoms with van der Waals surface area (Å²) in [6.07, 6.45) is 8.09. The highest BCUT2D eigenvalue weighted by molar-refractivity contribution is 7.66. The molecule has 0 atom stereocenters. The number of ether oxygens (including phenoxy) is 1. The first kappa shape index (κ1) is 15.4. The average molecular weight is 246 g/mol. The predicted octanol–water partition coefficient (Wildman–Crippen LogP) is 2.69. The van der Waals surface area contributed by atoms with E-state index in [4.69, 9.17) is 0 Å². The van der Waals surface area contributed by atoms with E-state index in [-0.39, 0.29) is 12.4 Å². The number of carbonyl (C=O) groups is 1. The summed E-state index contributed by atoms with van der Waals surface area (Å²) in [5.41, 5.74) is 0. The third kappa shape index (κ3) is 8.65. The highest BCUT2D eigenvalue weighted by Gasteiger charge is 2.06. The molecule has 0 aromatic carbocycles. The van der Waals surface area contributed by atoms with Crippen LogP contribution in [0.4, 0.5) is 0 Å². The van der Waals surface area contributed by atoms with Crippen LogP contribution in [0.3, 0.4) is 0 Å². The molecule has 0 aliphatic rings. The van der Waals surface area contributed by atoms with Gasteiger partial charge in [-0.15, -0.1) is 0 Å². The van der Waals surface area contributed by atoms with Gasteiger partial charge in [0.2, 0.25) is 0 Å². The molecular formula is C12H22O3S. The van der Waals surface area contributed by atoms with Crippen LogP contribution in [0.1, 0.15) is 58.3 Å². The molecule has 4 heteroatoms. The third-order valence-electron chi connectivity index (χ3n) is 2.50. The van der Waals surface area contributed by atoms with E-state index in [0.29, 0.717) is 16.1 Å². The molecule has 0 N–H and O–H groups in total. The van der Waals surface area contributed by atoms with Crippen LogP contribution in [0.2, 0.25) is 0 Å². The summed E-state index contributed by atoms with van der Waals surface area (Å²) in [5, 5.41) is 0. The summed E-state index contributed by atoms with van der Waals surface area (Å²) in [4.78, 5) is 11.7. The van der Waals surface area contributed by atoms with Gasteiger partial charge in [0.15, 0.2) is 0 Å². The molecule has 0 unspecified atom stereocenters. The Labute approximate surface area is 102 Å². The van der Waals surface area contributed by atoms with Crippen molar-refractivity contribution in [2.24, 2.45) is 0 Å². The van der Waals surface area contributed by atoms with Crippen LogP contribution < -0.4 is 0 Å². The van der Waals surface area contributed by atoms with Crippen LogP contribution in [0.5, 0.6) is 0 Å². The van der Waals surface area contributed by atoms with Gasteiger partial charge in [-0.25, -0.2) is 4.21 Å². The van der Waals surface area contributed by atoms with Gasteiger partial charge in [-0.05, 0) is 12.8 Å². The molecule has 3 nitrogen and oxygen atoms in total. The number of rotatable bonds is 9. The Morgan fingerprint density at radius 2 is 1.75 bits per heavy atom. The van der Waals surface area contributed by atoms with Gasteiger partial charge in [0.1, 0.15) is 0 Å². The molecule has 0 saturated heterocycles. The quantitative estimate of drug-likeness (QED) is 0.357. The summed E-state index contributed by atoms with van der Waals surface area (Å²) in [5.74, 6) is -0.315. The first-order valence-electron chi connectivity index (χ1n) is 5.96. The van der Waals surface area contributed by atoms with Crippen LogP contribution in [0.15, 0.2) is 0 Å². The summed E-state index contributed by atoms with van der Waals surface area (Å²) in [7, 11) is 1.35. The van der Waals surface area contributed by atoms with Gasteiger partial charge in [-0.3, -0.25) is 4.79 Å². The van der Waals surface area contributed by atoms with E-state index in [2.05, 4.69) is 11.7 Å². The Morgan fingerprint density at radius 3 is 2.31 bits per heavy atom. The molecule has 0 aromatic rings. The van der Waals surface area contributed by atoms with Gasteiger partial charge in [-0.1, -0.05) is 39.0 Å². The molecule has 0 rings (SSSR count). The summed E-state index contributed by atoms with van der Waals surface area (Å²) in [6.45, 7) is 2.19. The van der Waals surface area contributed by atoms with Crippen molar-refractivity contribution in [3.63, 3.8) is 0 Å². The Bertz CT molecular complexity index is 245. The molecule has 0 saturated carbocycles. The van der Waals surface area contributed by atoms with Gasteiger partial charge in [0, 0.05) is 4.86 Å². The van der Waals surface area contributed by atoms with Crippen molar-refractivity contribution in [3.8, 4) is 0 Å². The molecule has 94 valence electrons. The van der Waals surface area contributed by atoms with Crippen molar-refractivity contribution in [1.82, 2.24) is 0 Å². The minimum Gasteiger partial charge on any atom is -0.469 e. The van der Waals surface area contributed by atoms with E-state index in [0.717, 1.165) is 19.3 Å². The van der Waals surface area contributed by atoms with E-state index in [1.54, 1.807) is 0 Å². The highest BCUT2D eigenvalue weighted by Crippen LogP contribution is 2.08. The maximum absolute atomic E-state index is 11.0. The molecule has 0 aliphatic carbocycles. The van der Waals surface area contributed by atoms with E-state index in [1.165, 1.54) is 32.8 Å². The SMILES string of the molecule is CCCCCCCCC(CC(=O)OC)=S=O. The van der Waals surface area contributed by atoms with Crippen molar-refractivity contribution >= 4 is 22.1 Å². The molecule has 0 spiro atoms. The number of hydrogen-bond acceptors (Lipinski definition) is 3. The minimum absolute atomic E-state index is 0.166. The second-order valence-electron chi connectivity index (χ2n) is 3.89. The third-order valence-corrected chi connectivity index (χ3v) is 3.08. The van der Waals surface area contributed by atoms with Crippen LogP contribution in [-0.4, -0.2) is 22.2 Å². The Hall–Kier alpha value is -0.640. The zero-order valence-electron chi connectivity index (χ0n) is 10.3. The van der Waals surface area contributed by atoms with E-state index >= 15 is 0 Å². The molecule has 16 heavy (non-hydrogen) atoms. The summed E-state index contributed by atoms with van der Waals surface area (Å²) >= 11 is 0.448. The number of methoxy groups -OCH3 is 1. The predicted molar refractivity (Wildman–Crippen MR) is 67.8 cm³/mol. The molecule has 0 radical (unpaired) electrons. The van der Waals surface area contributed by atoms with E-state index < -0.39 is 0 Å². The zero-order valence-corrected chi connectivity index (χ0v) is 11.1. The lowest BCUT2D eigenvalue weighted by Gasteiger charge is -2.02. The van der Waals surface area contributed by atoms with Gasteiger partial charge < -0.3 is 4.74 Å². The van der Waals surface area contributed by atoms with E-state index in [1.807, 2.05) is 0 Å². The Balaban J connectivity index is 3.57. The molecule has 0 aliphatic heterocycles. The molecule has 0 amide bonds. The smallest absolute Gasteiger partial charge is 0.310 e. The Morgan fingerprint density at radius 1 is 1.12 bits per heavy atom. The lowest BCUT2D eigenvalue weighted by Crippen LogP contribution is -2.09. The van der Waals surface area contributed by atoms with E-state index in [9.17, 15) is 9.00 Å². The summed E-state index contributed by atoms with van der Waals surface area (Å²) < 4.78 is 15.2. The first-order chi connectivity index (χ1) is 7.74. The second kappa shape index (κ2) is 10.9. The number of hydrogen-bond donors (Lipinski definition) is 0. The number of carbonyl (C=O) groups excluding carboxylic acids is 1. The molecule has 0 bridgehead atoms. The molecule has 0 heterocycles. The fraction of sp³-hybridized carbons (Fsp3) is 0.833. The topological polar surface area (TPSA) is 43.4 Å². The molecular weight excluding hydrogens is 224 g/mol. The normalized spacial score (nSPS) is 9.88. The van der Waals surface area contributed by atoms with Crippen molar-refractivity contribution in [2.45, 2.75) is 58.3 Å².